The molecule has 1 heterocycles. The van der Waals surface area contributed by atoms with Gasteiger partial charge in [-0.3, -0.25) is 0 Å². The highest BCUT2D eigenvalue weighted by atomic mass is 32.1. The van der Waals surface area contributed by atoms with E-state index in [0.717, 1.165) is 28.8 Å². The van der Waals surface area contributed by atoms with Gasteiger partial charge in [0, 0.05) is 18.5 Å². The molecule has 0 saturated carbocycles. The maximum atomic E-state index is 10.3. The van der Waals surface area contributed by atoms with E-state index in [1.807, 2.05) is 13.8 Å². The molecule has 4 heteroatoms. The summed E-state index contributed by atoms with van der Waals surface area (Å²) in [7, 11) is 0. The predicted octanol–water partition coefficient (Wildman–Crippen LogP) is 3.51. The lowest BCUT2D eigenvalue weighted by atomic mass is 9.88. The van der Waals surface area contributed by atoms with Crippen LogP contribution in [0.2, 0.25) is 0 Å². The third kappa shape index (κ3) is 3.23. The average molecular weight is 270 g/mol. The van der Waals surface area contributed by atoms with E-state index in [1.54, 1.807) is 11.3 Å². The fraction of sp³-hybridized carbons (Fsp3) is 0.786. The lowest BCUT2D eigenvalue weighted by Gasteiger charge is -2.23. The van der Waals surface area contributed by atoms with Gasteiger partial charge in [-0.05, 0) is 27.7 Å². The monoisotopic (exact) mass is 270 g/mol. The third-order valence-corrected chi connectivity index (χ3v) is 4.34. The minimum absolute atomic E-state index is 0.0444. The first-order valence-electron chi connectivity index (χ1n) is 6.60. The SMILES string of the molecule is CCN(CC)c1nc(C(C)(C)C)c(C(C)(C)O)s1. The molecule has 0 saturated heterocycles. The highest BCUT2D eigenvalue weighted by Crippen LogP contribution is 2.39. The van der Waals surface area contributed by atoms with E-state index in [-0.39, 0.29) is 5.41 Å². The van der Waals surface area contributed by atoms with Crippen molar-refractivity contribution in [3.05, 3.63) is 10.6 Å². The number of nitrogens with zero attached hydrogens (tertiary/aromatic N) is 2. The van der Waals surface area contributed by atoms with E-state index in [2.05, 4.69) is 39.5 Å². The van der Waals surface area contributed by atoms with Crippen LogP contribution < -0.4 is 4.90 Å². The van der Waals surface area contributed by atoms with Crippen LogP contribution in [0.5, 0.6) is 0 Å². The van der Waals surface area contributed by atoms with Crippen molar-refractivity contribution in [3.8, 4) is 0 Å². The molecule has 104 valence electrons. The Kier molecular flexibility index (Phi) is 4.44. The van der Waals surface area contributed by atoms with Crippen LogP contribution >= 0.6 is 11.3 Å². The fourth-order valence-corrected chi connectivity index (χ4v) is 3.27. The Morgan fingerprint density at radius 1 is 1.11 bits per heavy atom. The quantitative estimate of drug-likeness (QED) is 0.909. The highest BCUT2D eigenvalue weighted by molar-refractivity contribution is 7.15. The first kappa shape index (κ1) is 15.4. The molecule has 0 unspecified atom stereocenters. The van der Waals surface area contributed by atoms with E-state index in [1.165, 1.54) is 0 Å². The summed E-state index contributed by atoms with van der Waals surface area (Å²) in [4.78, 5) is 7.99. The molecular weight excluding hydrogens is 244 g/mol. The summed E-state index contributed by atoms with van der Waals surface area (Å²) in [6, 6.07) is 0. The summed E-state index contributed by atoms with van der Waals surface area (Å²) in [5.74, 6) is 0. The summed E-state index contributed by atoms with van der Waals surface area (Å²) in [5, 5.41) is 11.3. The maximum absolute atomic E-state index is 10.3. The van der Waals surface area contributed by atoms with Crippen LogP contribution in [0.15, 0.2) is 0 Å². The summed E-state index contributed by atoms with van der Waals surface area (Å²) in [5.41, 5.74) is 0.144. The number of rotatable bonds is 4. The minimum atomic E-state index is -0.828. The number of aliphatic hydroxyl groups is 1. The number of hydrogen-bond donors (Lipinski definition) is 1. The van der Waals surface area contributed by atoms with Gasteiger partial charge < -0.3 is 10.0 Å². The van der Waals surface area contributed by atoms with Crippen LogP contribution in [-0.2, 0) is 11.0 Å². The van der Waals surface area contributed by atoms with Crippen molar-refractivity contribution in [2.24, 2.45) is 0 Å². The molecule has 0 aliphatic rings. The Labute approximate surface area is 115 Å². The zero-order valence-corrected chi connectivity index (χ0v) is 13.5. The van der Waals surface area contributed by atoms with Gasteiger partial charge in [0.25, 0.3) is 0 Å². The molecular formula is C14H26N2OS. The molecule has 0 aliphatic heterocycles. The Morgan fingerprint density at radius 2 is 1.61 bits per heavy atom. The second kappa shape index (κ2) is 5.17. The topological polar surface area (TPSA) is 36.4 Å². The Morgan fingerprint density at radius 3 is 1.89 bits per heavy atom. The fourth-order valence-electron chi connectivity index (χ4n) is 1.86. The molecule has 1 aromatic rings. The smallest absolute Gasteiger partial charge is 0.185 e. The van der Waals surface area contributed by atoms with Crippen molar-refractivity contribution in [1.29, 1.82) is 0 Å². The summed E-state index contributed by atoms with van der Waals surface area (Å²) >= 11 is 1.62. The molecule has 18 heavy (non-hydrogen) atoms. The second-order valence-electron chi connectivity index (χ2n) is 6.16. The van der Waals surface area contributed by atoms with Crippen LogP contribution in [0.3, 0.4) is 0 Å². The molecule has 1 aromatic heterocycles. The minimum Gasteiger partial charge on any atom is -0.385 e. The maximum Gasteiger partial charge on any atom is 0.185 e. The van der Waals surface area contributed by atoms with Gasteiger partial charge in [-0.1, -0.05) is 32.1 Å². The van der Waals surface area contributed by atoms with E-state index in [4.69, 9.17) is 4.98 Å². The number of hydrogen-bond acceptors (Lipinski definition) is 4. The third-order valence-electron chi connectivity index (χ3n) is 2.92. The van der Waals surface area contributed by atoms with Crippen LogP contribution in [0.1, 0.15) is 59.0 Å². The average Bonchev–Trinajstić information content (AvgIpc) is 2.63. The van der Waals surface area contributed by atoms with Gasteiger partial charge in [-0.2, -0.15) is 0 Å². The molecule has 0 spiro atoms. The molecule has 1 rings (SSSR count). The Bertz CT molecular complexity index is 363. The molecule has 0 aliphatic carbocycles. The van der Waals surface area contributed by atoms with Crippen LogP contribution in [0.4, 0.5) is 5.13 Å². The molecule has 0 radical (unpaired) electrons. The van der Waals surface area contributed by atoms with Crippen molar-refractivity contribution in [1.82, 2.24) is 4.98 Å². The second-order valence-corrected chi connectivity index (χ2v) is 7.13. The van der Waals surface area contributed by atoms with E-state index < -0.39 is 5.60 Å². The normalized spacial score (nSPS) is 12.9. The van der Waals surface area contributed by atoms with Crippen molar-refractivity contribution >= 4 is 16.5 Å². The Balaban J connectivity index is 3.33. The highest BCUT2D eigenvalue weighted by Gasteiger charge is 2.31. The van der Waals surface area contributed by atoms with E-state index in [0.29, 0.717) is 0 Å². The number of thiazole rings is 1. The lowest BCUT2D eigenvalue weighted by molar-refractivity contribution is 0.0803. The molecule has 3 nitrogen and oxygen atoms in total. The van der Waals surface area contributed by atoms with Crippen LogP contribution in [0.25, 0.3) is 0 Å². The van der Waals surface area contributed by atoms with Gasteiger partial charge >= 0.3 is 0 Å². The van der Waals surface area contributed by atoms with Crippen molar-refractivity contribution in [2.75, 3.05) is 18.0 Å². The van der Waals surface area contributed by atoms with Gasteiger partial charge in [0.05, 0.1) is 16.2 Å². The van der Waals surface area contributed by atoms with Crippen molar-refractivity contribution < 1.29 is 5.11 Å². The largest absolute Gasteiger partial charge is 0.385 e. The zero-order valence-electron chi connectivity index (χ0n) is 12.7. The first-order valence-corrected chi connectivity index (χ1v) is 7.42. The van der Waals surface area contributed by atoms with Crippen LogP contribution in [-0.4, -0.2) is 23.2 Å². The van der Waals surface area contributed by atoms with Crippen molar-refractivity contribution in [3.63, 3.8) is 0 Å². The van der Waals surface area contributed by atoms with Gasteiger partial charge in [-0.15, -0.1) is 0 Å². The summed E-state index contributed by atoms with van der Waals surface area (Å²) in [6.07, 6.45) is 0. The Hall–Kier alpha value is -0.610. The molecule has 0 aromatic carbocycles. The summed E-state index contributed by atoms with van der Waals surface area (Å²) < 4.78 is 0. The molecule has 0 fully saturated rings. The van der Waals surface area contributed by atoms with E-state index >= 15 is 0 Å². The summed E-state index contributed by atoms with van der Waals surface area (Å²) in [6.45, 7) is 16.2. The van der Waals surface area contributed by atoms with Crippen LogP contribution in [0, 0.1) is 0 Å². The molecule has 0 amide bonds. The van der Waals surface area contributed by atoms with Gasteiger partial charge in [0.2, 0.25) is 0 Å². The first-order chi connectivity index (χ1) is 8.11. The zero-order chi connectivity index (χ0) is 14.1. The van der Waals surface area contributed by atoms with Gasteiger partial charge in [0.15, 0.2) is 5.13 Å². The number of aromatic nitrogens is 1. The standard InChI is InChI=1S/C14H26N2OS/c1-8-16(9-2)12-15-10(13(3,4)5)11(18-12)14(6,7)17/h17H,8-9H2,1-7H3. The molecule has 1 N–H and O–H groups in total. The molecule has 0 bridgehead atoms. The van der Waals surface area contributed by atoms with Gasteiger partial charge in [0.1, 0.15) is 0 Å². The van der Waals surface area contributed by atoms with E-state index in [9.17, 15) is 5.11 Å². The van der Waals surface area contributed by atoms with Crippen molar-refractivity contribution in [2.45, 2.75) is 59.5 Å². The van der Waals surface area contributed by atoms with Gasteiger partial charge in [-0.25, -0.2) is 4.98 Å². The molecule has 0 atom stereocenters. The predicted molar refractivity (Wildman–Crippen MR) is 79.6 cm³/mol. The lowest BCUT2D eigenvalue weighted by Crippen LogP contribution is -2.23. The number of anilines is 1.